The molecule has 1 aliphatic rings. The molecule has 0 amide bonds. The lowest BCUT2D eigenvalue weighted by Gasteiger charge is -2.28. The molecule has 2 aromatic carbocycles. The number of benzene rings is 2. The molecule has 1 fully saturated rings. The van der Waals surface area contributed by atoms with Crippen LogP contribution >= 0.6 is 11.6 Å². The van der Waals surface area contributed by atoms with E-state index in [2.05, 4.69) is 64.8 Å². The number of aromatic nitrogens is 3. The molecule has 188 valence electrons. The van der Waals surface area contributed by atoms with Gasteiger partial charge in [0.05, 0.1) is 12.2 Å². The molecule has 0 bridgehead atoms. The van der Waals surface area contributed by atoms with Crippen LogP contribution in [0.15, 0.2) is 42.5 Å². The summed E-state index contributed by atoms with van der Waals surface area (Å²) in [7, 11) is 6.34. The number of carbonyl (C=O) groups excluding carboxylic acids is 1. The first-order valence-electron chi connectivity index (χ1n) is 12.1. The molecular formula is C27H35ClFN5O. The summed E-state index contributed by atoms with van der Waals surface area (Å²) in [4.78, 5) is 14.5. The van der Waals surface area contributed by atoms with Gasteiger partial charge < -0.3 is 9.80 Å². The number of nitrogens with zero attached hydrogens (tertiary/aromatic N) is 5. The Kier molecular flexibility index (Phi) is 9.95. The number of likely N-dealkylation sites (tertiary alicyclic amines) is 1. The summed E-state index contributed by atoms with van der Waals surface area (Å²) in [6.45, 7) is 5.28. The van der Waals surface area contributed by atoms with Gasteiger partial charge in [-0.05, 0) is 95.3 Å². The van der Waals surface area contributed by atoms with E-state index in [0.717, 1.165) is 36.1 Å². The molecule has 0 atom stereocenters. The Hall–Kier alpha value is -2.61. The molecule has 8 heteroatoms. The predicted octanol–water partition coefficient (Wildman–Crippen LogP) is 5.07. The van der Waals surface area contributed by atoms with E-state index in [-0.39, 0.29) is 5.82 Å². The van der Waals surface area contributed by atoms with Crippen LogP contribution in [0.3, 0.4) is 0 Å². The van der Waals surface area contributed by atoms with E-state index in [9.17, 15) is 9.18 Å². The second-order valence-electron chi connectivity index (χ2n) is 9.36. The second kappa shape index (κ2) is 12.9. The lowest BCUT2D eigenvalue weighted by atomic mass is 9.93. The van der Waals surface area contributed by atoms with E-state index < -0.39 is 0 Å². The number of rotatable bonds is 7. The number of carbonyl (C=O) groups is 1. The lowest BCUT2D eigenvalue weighted by molar-refractivity contribution is 0.112. The minimum atomic E-state index is -0.375. The van der Waals surface area contributed by atoms with Gasteiger partial charge in [0.2, 0.25) is 0 Å². The first-order valence-corrected chi connectivity index (χ1v) is 12.4. The summed E-state index contributed by atoms with van der Waals surface area (Å²) in [5, 5.41) is 9.92. The topological polar surface area (TPSA) is 54.3 Å². The zero-order chi connectivity index (χ0) is 25.4. The van der Waals surface area contributed by atoms with Crippen molar-refractivity contribution >= 4 is 17.9 Å². The van der Waals surface area contributed by atoms with E-state index >= 15 is 0 Å². The SMILES string of the molecule is CCc1cc(Cl)ccc1-n1c(CC2CCN(C)CC2)nnc1CN(C)C.O=Cc1cccc(F)c1. The van der Waals surface area contributed by atoms with Crippen LogP contribution in [0.2, 0.25) is 5.02 Å². The zero-order valence-corrected chi connectivity index (χ0v) is 21.8. The van der Waals surface area contributed by atoms with Gasteiger partial charge in [-0.2, -0.15) is 0 Å². The molecule has 0 unspecified atom stereocenters. The number of piperidine rings is 1. The molecule has 1 saturated heterocycles. The van der Waals surface area contributed by atoms with Gasteiger partial charge in [0.1, 0.15) is 17.9 Å². The van der Waals surface area contributed by atoms with Crippen LogP contribution in [0.4, 0.5) is 4.39 Å². The number of halogens is 2. The molecule has 0 N–H and O–H groups in total. The number of aryl methyl sites for hydroxylation is 1. The molecule has 1 aliphatic heterocycles. The Labute approximate surface area is 212 Å². The van der Waals surface area contributed by atoms with Crippen molar-refractivity contribution in [3.05, 3.63) is 76.1 Å². The zero-order valence-electron chi connectivity index (χ0n) is 21.0. The Morgan fingerprint density at radius 3 is 2.43 bits per heavy atom. The van der Waals surface area contributed by atoms with Gasteiger partial charge in [-0.1, -0.05) is 30.7 Å². The molecule has 35 heavy (non-hydrogen) atoms. The normalized spacial score (nSPS) is 14.6. The minimum Gasteiger partial charge on any atom is -0.306 e. The molecule has 6 nitrogen and oxygen atoms in total. The fourth-order valence-electron chi connectivity index (χ4n) is 4.31. The van der Waals surface area contributed by atoms with Crippen molar-refractivity contribution in [2.75, 3.05) is 34.2 Å². The van der Waals surface area contributed by atoms with Crippen molar-refractivity contribution in [2.24, 2.45) is 5.92 Å². The molecule has 0 saturated carbocycles. The maximum Gasteiger partial charge on any atom is 0.151 e. The van der Waals surface area contributed by atoms with E-state index in [0.29, 0.717) is 17.8 Å². The molecule has 4 rings (SSSR count). The summed E-state index contributed by atoms with van der Waals surface area (Å²) in [6.07, 6.45) is 4.99. The Balaban J connectivity index is 0.000000320. The second-order valence-corrected chi connectivity index (χ2v) is 9.79. The van der Waals surface area contributed by atoms with Crippen molar-refractivity contribution in [3.8, 4) is 5.69 Å². The van der Waals surface area contributed by atoms with Gasteiger partial charge in [-0.25, -0.2) is 4.39 Å². The van der Waals surface area contributed by atoms with Gasteiger partial charge in [-0.15, -0.1) is 10.2 Å². The minimum absolute atomic E-state index is 0.370. The summed E-state index contributed by atoms with van der Waals surface area (Å²) in [6, 6.07) is 11.7. The van der Waals surface area contributed by atoms with Crippen LogP contribution in [-0.4, -0.2) is 65.1 Å². The van der Waals surface area contributed by atoms with E-state index in [1.165, 1.54) is 55.4 Å². The van der Waals surface area contributed by atoms with Crippen LogP contribution in [0.25, 0.3) is 5.69 Å². The van der Waals surface area contributed by atoms with Crippen molar-refractivity contribution in [1.82, 2.24) is 24.6 Å². The van der Waals surface area contributed by atoms with Crippen molar-refractivity contribution in [2.45, 2.75) is 39.2 Å². The van der Waals surface area contributed by atoms with Crippen molar-refractivity contribution in [3.63, 3.8) is 0 Å². The largest absolute Gasteiger partial charge is 0.306 e. The van der Waals surface area contributed by atoms with Gasteiger partial charge in [-0.3, -0.25) is 9.36 Å². The molecule has 0 aliphatic carbocycles. The van der Waals surface area contributed by atoms with E-state index in [1.807, 2.05) is 6.07 Å². The maximum atomic E-state index is 12.2. The van der Waals surface area contributed by atoms with Crippen molar-refractivity contribution < 1.29 is 9.18 Å². The Bertz CT molecular complexity index is 1110. The number of hydrogen-bond acceptors (Lipinski definition) is 5. The fraction of sp³-hybridized carbons (Fsp3) is 0.444. The highest BCUT2D eigenvalue weighted by molar-refractivity contribution is 6.30. The van der Waals surface area contributed by atoms with E-state index in [4.69, 9.17) is 11.6 Å². The van der Waals surface area contributed by atoms with E-state index in [1.54, 1.807) is 6.07 Å². The third kappa shape index (κ3) is 7.69. The quantitative estimate of drug-likeness (QED) is 0.425. The molecule has 0 spiro atoms. The van der Waals surface area contributed by atoms with Gasteiger partial charge >= 0.3 is 0 Å². The van der Waals surface area contributed by atoms with Crippen LogP contribution < -0.4 is 0 Å². The average Bonchev–Trinajstić information content (AvgIpc) is 3.21. The summed E-state index contributed by atoms with van der Waals surface area (Å²) < 4.78 is 14.5. The Morgan fingerprint density at radius 1 is 1.11 bits per heavy atom. The molecule has 0 radical (unpaired) electrons. The first-order chi connectivity index (χ1) is 16.8. The Morgan fingerprint density at radius 2 is 1.83 bits per heavy atom. The molecule has 3 aromatic rings. The lowest BCUT2D eigenvalue weighted by Crippen LogP contribution is -2.31. The third-order valence-electron chi connectivity index (χ3n) is 6.21. The predicted molar refractivity (Wildman–Crippen MR) is 139 cm³/mol. The van der Waals surface area contributed by atoms with Gasteiger partial charge in [0.15, 0.2) is 5.82 Å². The summed E-state index contributed by atoms with van der Waals surface area (Å²) in [5.74, 6) is 2.38. The number of hydrogen-bond donors (Lipinski definition) is 0. The average molecular weight is 500 g/mol. The third-order valence-corrected chi connectivity index (χ3v) is 6.45. The fourth-order valence-corrected chi connectivity index (χ4v) is 4.50. The highest BCUT2D eigenvalue weighted by Crippen LogP contribution is 2.26. The van der Waals surface area contributed by atoms with Crippen LogP contribution in [-0.2, 0) is 19.4 Å². The molecule has 1 aromatic heterocycles. The molecule has 2 heterocycles. The highest BCUT2D eigenvalue weighted by atomic mass is 35.5. The first kappa shape index (κ1) is 27.0. The highest BCUT2D eigenvalue weighted by Gasteiger charge is 2.23. The van der Waals surface area contributed by atoms with Crippen LogP contribution in [0.1, 0.15) is 47.3 Å². The monoisotopic (exact) mass is 499 g/mol. The van der Waals surface area contributed by atoms with Gasteiger partial charge in [0.25, 0.3) is 0 Å². The van der Waals surface area contributed by atoms with Crippen molar-refractivity contribution in [1.29, 1.82) is 0 Å². The standard InChI is InChI=1S/C20H30ClN5.C7H5FO/c1-5-16-13-17(21)6-7-18(16)26-19(22-23-20(26)14-24(2)3)12-15-8-10-25(4)11-9-15;8-7-3-1-2-6(4-7)5-9/h6-7,13,15H,5,8-12,14H2,1-4H3;1-5H. The smallest absolute Gasteiger partial charge is 0.151 e. The van der Waals surface area contributed by atoms with Gasteiger partial charge in [0, 0.05) is 17.0 Å². The summed E-state index contributed by atoms with van der Waals surface area (Å²) >= 11 is 6.24. The molecular weight excluding hydrogens is 465 g/mol. The summed E-state index contributed by atoms with van der Waals surface area (Å²) in [5.41, 5.74) is 2.78. The van der Waals surface area contributed by atoms with Crippen LogP contribution in [0, 0.1) is 11.7 Å². The maximum absolute atomic E-state index is 12.2. The van der Waals surface area contributed by atoms with Crippen LogP contribution in [0.5, 0.6) is 0 Å². The number of aldehydes is 1.